The van der Waals surface area contributed by atoms with Gasteiger partial charge in [-0.15, -0.1) is 11.3 Å². The molecule has 0 saturated carbocycles. The van der Waals surface area contributed by atoms with Crippen LogP contribution < -0.4 is 5.73 Å². The fraction of sp³-hybridized carbons (Fsp3) is 0.143. The normalized spacial score (nSPS) is 10.8. The number of fused-ring (bicyclic) bond motifs is 1. The lowest BCUT2D eigenvalue weighted by molar-refractivity contribution is 0.0781. The van der Waals surface area contributed by atoms with Crippen molar-refractivity contribution in [2.45, 2.75) is 6.54 Å². The van der Waals surface area contributed by atoms with Crippen LogP contribution in [0.15, 0.2) is 41.3 Å². The SMILES string of the molecule is CN(Cc1ccco1)C(=O)c1sc2cnccc2c1N. The van der Waals surface area contributed by atoms with Crippen LogP contribution in [0.5, 0.6) is 0 Å². The molecule has 3 aromatic heterocycles. The van der Waals surface area contributed by atoms with Crippen LogP contribution in [-0.2, 0) is 6.54 Å². The number of amides is 1. The molecule has 102 valence electrons. The Hall–Kier alpha value is -2.34. The van der Waals surface area contributed by atoms with Gasteiger partial charge in [0, 0.05) is 24.8 Å². The van der Waals surface area contributed by atoms with Crippen molar-refractivity contribution in [2.24, 2.45) is 0 Å². The minimum atomic E-state index is -0.111. The van der Waals surface area contributed by atoms with Gasteiger partial charge in [-0.25, -0.2) is 0 Å². The largest absolute Gasteiger partial charge is 0.467 e. The molecule has 20 heavy (non-hydrogen) atoms. The molecule has 0 radical (unpaired) electrons. The number of rotatable bonds is 3. The summed E-state index contributed by atoms with van der Waals surface area (Å²) in [6.45, 7) is 0.414. The average molecular weight is 287 g/mol. The van der Waals surface area contributed by atoms with Crippen molar-refractivity contribution < 1.29 is 9.21 Å². The summed E-state index contributed by atoms with van der Waals surface area (Å²) in [5.41, 5.74) is 6.58. The van der Waals surface area contributed by atoms with Crippen molar-refractivity contribution in [3.8, 4) is 0 Å². The number of hydrogen-bond acceptors (Lipinski definition) is 5. The Morgan fingerprint density at radius 2 is 2.35 bits per heavy atom. The maximum absolute atomic E-state index is 12.5. The first-order valence-electron chi connectivity index (χ1n) is 6.06. The third-order valence-electron chi connectivity index (χ3n) is 3.05. The van der Waals surface area contributed by atoms with Crippen molar-refractivity contribution in [2.75, 3.05) is 12.8 Å². The molecule has 0 aliphatic rings. The van der Waals surface area contributed by atoms with Crippen molar-refractivity contribution >= 4 is 33.0 Å². The molecule has 3 rings (SSSR count). The number of anilines is 1. The number of aromatic nitrogens is 1. The molecule has 0 aliphatic heterocycles. The highest BCUT2D eigenvalue weighted by Crippen LogP contribution is 2.33. The Morgan fingerprint density at radius 1 is 1.50 bits per heavy atom. The van der Waals surface area contributed by atoms with Crippen LogP contribution in [0, 0.1) is 0 Å². The van der Waals surface area contributed by atoms with Crippen molar-refractivity contribution in [1.29, 1.82) is 0 Å². The van der Waals surface area contributed by atoms with Crippen LogP contribution in [0.2, 0.25) is 0 Å². The monoisotopic (exact) mass is 287 g/mol. The first-order chi connectivity index (χ1) is 9.66. The van der Waals surface area contributed by atoms with Crippen LogP contribution >= 0.6 is 11.3 Å². The number of pyridine rings is 1. The Bertz CT molecular complexity index is 749. The molecular formula is C14H13N3O2S. The molecule has 0 atom stereocenters. The molecule has 3 heterocycles. The second-order valence-electron chi connectivity index (χ2n) is 4.46. The van der Waals surface area contributed by atoms with Crippen molar-refractivity contribution in [3.63, 3.8) is 0 Å². The minimum absolute atomic E-state index is 0.111. The van der Waals surface area contributed by atoms with Crippen LogP contribution in [0.4, 0.5) is 5.69 Å². The number of nitrogens with two attached hydrogens (primary N) is 1. The first-order valence-corrected chi connectivity index (χ1v) is 6.88. The first kappa shape index (κ1) is 12.7. The van der Waals surface area contributed by atoms with Gasteiger partial charge >= 0.3 is 0 Å². The second-order valence-corrected chi connectivity index (χ2v) is 5.51. The molecule has 0 unspecified atom stereocenters. The predicted octanol–water partition coefficient (Wildman–Crippen LogP) is 2.74. The molecule has 0 saturated heterocycles. The third-order valence-corrected chi connectivity index (χ3v) is 4.19. The molecule has 3 aromatic rings. The van der Waals surface area contributed by atoms with E-state index in [1.165, 1.54) is 11.3 Å². The van der Waals surface area contributed by atoms with Crippen molar-refractivity contribution in [3.05, 3.63) is 47.5 Å². The summed E-state index contributed by atoms with van der Waals surface area (Å²) >= 11 is 1.36. The smallest absolute Gasteiger partial charge is 0.266 e. The molecule has 0 aliphatic carbocycles. The quantitative estimate of drug-likeness (QED) is 0.804. The number of nitrogens with zero attached hydrogens (tertiary/aromatic N) is 2. The Labute approximate surface area is 119 Å². The summed E-state index contributed by atoms with van der Waals surface area (Å²) < 4.78 is 6.16. The zero-order valence-corrected chi connectivity index (χ0v) is 11.7. The highest BCUT2D eigenvalue weighted by molar-refractivity contribution is 7.21. The number of carbonyl (C=O) groups is 1. The Morgan fingerprint density at radius 3 is 3.05 bits per heavy atom. The standard InChI is InChI=1S/C14H13N3O2S/c1-17(8-9-3-2-6-19-9)14(18)13-12(15)10-4-5-16-7-11(10)20-13/h2-7H,8,15H2,1H3. The van der Waals surface area contributed by atoms with E-state index < -0.39 is 0 Å². The summed E-state index contributed by atoms with van der Waals surface area (Å²) in [5, 5.41) is 0.875. The van der Waals surface area contributed by atoms with Gasteiger partial charge in [-0.1, -0.05) is 0 Å². The maximum atomic E-state index is 12.5. The topological polar surface area (TPSA) is 72.4 Å². The maximum Gasteiger partial charge on any atom is 0.266 e. The lowest BCUT2D eigenvalue weighted by Gasteiger charge is -2.14. The molecule has 0 spiro atoms. The molecule has 0 fully saturated rings. The predicted molar refractivity (Wildman–Crippen MR) is 78.5 cm³/mol. The van der Waals surface area contributed by atoms with E-state index in [4.69, 9.17) is 10.2 Å². The van der Waals surface area contributed by atoms with Crippen LogP contribution in [0.1, 0.15) is 15.4 Å². The number of carbonyl (C=O) groups excluding carboxylic acids is 1. The van der Waals surface area contributed by atoms with E-state index in [9.17, 15) is 4.79 Å². The van der Waals surface area contributed by atoms with Crippen molar-refractivity contribution in [1.82, 2.24) is 9.88 Å². The van der Waals surface area contributed by atoms with E-state index in [0.717, 1.165) is 15.8 Å². The van der Waals surface area contributed by atoms with Gasteiger partial charge in [-0.3, -0.25) is 9.78 Å². The number of furan rings is 1. The molecule has 0 bridgehead atoms. The lowest BCUT2D eigenvalue weighted by atomic mass is 10.2. The van der Waals surface area contributed by atoms with Gasteiger partial charge in [0.15, 0.2) is 0 Å². The number of nitrogen functional groups attached to an aromatic ring is 1. The highest BCUT2D eigenvalue weighted by Gasteiger charge is 2.20. The molecule has 1 amide bonds. The van der Waals surface area contributed by atoms with E-state index in [-0.39, 0.29) is 5.91 Å². The molecule has 6 heteroatoms. The molecular weight excluding hydrogens is 274 g/mol. The van der Waals surface area contributed by atoms with Gasteiger partial charge in [0.25, 0.3) is 5.91 Å². The Kier molecular flexibility index (Phi) is 3.15. The van der Waals surface area contributed by atoms with Crippen LogP contribution in [0.25, 0.3) is 10.1 Å². The lowest BCUT2D eigenvalue weighted by Crippen LogP contribution is -2.25. The average Bonchev–Trinajstić information content (AvgIpc) is 3.07. The fourth-order valence-electron chi connectivity index (χ4n) is 2.01. The second kappa shape index (κ2) is 4.97. The fourth-order valence-corrected chi connectivity index (χ4v) is 3.10. The van der Waals surface area contributed by atoms with Gasteiger partial charge in [-0.2, -0.15) is 0 Å². The summed E-state index contributed by atoms with van der Waals surface area (Å²) in [6, 6.07) is 5.46. The van der Waals surface area contributed by atoms with Crippen LogP contribution in [0.3, 0.4) is 0 Å². The van der Waals surface area contributed by atoms with Gasteiger partial charge in [0.1, 0.15) is 10.6 Å². The van der Waals surface area contributed by atoms with E-state index in [1.807, 2.05) is 12.1 Å². The summed E-state index contributed by atoms with van der Waals surface area (Å²) in [5.74, 6) is 0.627. The van der Waals surface area contributed by atoms with Crippen LogP contribution in [-0.4, -0.2) is 22.8 Å². The third kappa shape index (κ3) is 2.14. The van der Waals surface area contributed by atoms with Gasteiger partial charge in [0.05, 0.1) is 23.2 Å². The van der Waals surface area contributed by atoms with E-state index >= 15 is 0 Å². The zero-order chi connectivity index (χ0) is 14.1. The highest BCUT2D eigenvalue weighted by atomic mass is 32.1. The molecule has 2 N–H and O–H groups in total. The molecule has 5 nitrogen and oxygen atoms in total. The van der Waals surface area contributed by atoms with Gasteiger partial charge < -0.3 is 15.1 Å². The summed E-state index contributed by atoms with van der Waals surface area (Å²) in [6.07, 6.45) is 4.99. The van der Waals surface area contributed by atoms with E-state index in [1.54, 1.807) is 36.7 Å². The van der Waals surface area contributed by atoms with Gasteiger partial charge in [-0.05, 0) is 18.2 Å². The number of hydrogen-bond donors (Lipinski definition) is 1. The van der Waals surface area contributed by atoms with Gasteiger partial charge in [0.2, 0.25) is 0 Å². The van der Waals surface area contributed by atoms with E-state index in [2.05, 4.69) is 4.98 Å². The minimum Gasteiger partial charge on any atom is -0.467 e. The zero-order valence-electron chi connectivity index (χ0n) is 10.9. The summed E-state index contributed by atoms with van der Waals surface area (Å²) in [4.78, 5) is 18.6. The Balaban J connectivity index is 1.90. The van der Waals surface area contributed by atoms with E-state index in [0.29, 0.717) is 17.1 Å². The number of thiophene rings is 1. The molecule has 0 aromatic carbocycles. The summed E-state index contributed by atoms with van der Waals surface area (Å²) in [7, 11) is 1.73.